The average molecular weight is 221 g/mol. The number of nitrogens with one attached hydrogen (secondary N) is 1. The molecule has 0 amide bonds. The van der Waals surface area contributed by atoms with E-state index in [1.807, 2.05) is 0 Å². The van der Waals surface area contributed by atoms with E-state index in [9.17, 15) is 13.2 Å². The van der Waals surface area contributed by atoms with E-state index in [1.165, 1.54) is 6.07 Å². The normalized spacial score (nSPS) is 11.5. The number of hydrogen-bond donors (Lipinski definition) is 1. The zero-order valence-electron chi connectivity index (χ0n) is 6.69. The number of nitrogens with zero attached hydrogens (tertiary/aromatic N) is 1. The van der Waals surface area contributed by atoms with Crippen LogP contribution < -0.4 is 0 Å². The summed E-state index contributed by atoms with van der Waals surface area (Å²) in [4.78, 5) is 0. The smallest absolute Gasteiger partial charge is 0.275 e. The molecule has 2 nitrogen and oxygen atoms in total. The number of hydrogen-bond acceptors (Lipinski definition) is 1. The number of fused-ring (bicyclic) bond motifs is 1. The molecular formula is C8H4ClF3N2. The summed E-state index contributed by atoms with van der Waals surface area (Å²) in [5.74, 6) is -0.675. The van der Waals surface area contributed by atoms with E-state index in [1.54, 1.807) is 0 Å². The highest BCUT2D eigenvalue weighted by Gasteiger charge is 2.17. The van der Waals surface area contributed by atoms with Crippen molar-refractivity contribution in [3.05, 3.63) is 28.7 Å². The Balaban J connectivity index is 2.77. The van der Waals surface area contributed by atoms with Crippen molar-refractivity contribution in [1.29, 1.82) is 0 Å². The molecule has 0 fully saturated rings. The Morgan fingerprint density at radius 1 is 1.36 bits per heavy atom. The van der Waals surface area contributed by atoms with Crippen molar-refractivity contribution >= 4 is 22.5 Å². The number of H-pyrrole nitrogens is 1. The van der Waals surface area contributed by atoms with Crippen LogP contribution in [0.15, 0.2) is 12.1 Å². The van der Waals surface area contributed by atoms with Gasteiger partial charge < -0.3 is 0 Å². The van der Waals surface area contributed by atoms with Crippen LogP contribution in [0, 0.1) is 5.82 Å². The first-order chi connectivity index (χ1) is 6.61. The van der Waals surface area contributed by atoms with Gasteiger partial charge >= 0.3 is 0 Å². The van der Waals surface area contributed by atoms with E-state index < -0.39 is 12.2 Å². The van der Waals surface area contributed by atoms with E-state index in [0.717, 1.165) is 6.07 Å². The highest BCUT2D eigenvalue weighted by Crippen LogP contribution is 2.30. The van der Waals surface area contributed by atoms with Crippen molar-refractivity contribution in [2.75, 3.05) is 0 Å². The molecule has 1 aromatic carbocycles. The van der Waals surface area contributed by atoms with Gasteiger partial charge in [-0.2, -0.15) is 5.10 Å². The highest BCUT2D eigenvalue weighted by molar-refractivity contribution is 6.35. The van der Waals surface area contributed by atoms with E-state index in [2.05, 4.69) is 10.2 Å². The van der Waals surface area contributed by atoms with Crippen LogP contribution in [0.1, 0.15) is 12.1 Å². The quantitative estimate of drug-likeness (QED) is 0.785. The van der Waals surface area contributed by atoms with Gasteiger partial charge in [0.25, 0.3) is 6.43 Å². The van der Waals surface area contributed by atoms with Gasteiger partial charge in [-0.3, -0.25) is 5.10 Å². The van der Waals surface area contributed by atoms with Gasteiger partial charge in [0, 0.05) is 5.39 Å². The van der Waals surface area contributed by atoms with E-state index in [0.29, 0.717) is 0 Å². The van der Waals surface area contributed by atoms with Gasteiger partial charge in [-0.1, -0.05) is 11.6 Å². The SMILES string of the molecule is Fc1ccc2c(C(F)F)[nH]nc2c1Cl. The first-order valence-electron chi connectivity index (χ1n) is 3.71. The maximum atomic E-state index is 12.9. The summed E-state index contributed by atoms with van der Waals surface area (Å²) in [6.45, 7) is 0. The van der Waals surface area contributed by atoms with Crippen molar-refractivity contribution in [1.82, 2.24) is 10.2 Å². The lowest BCUT2D eigenvalue weighted by molar-refractivity contribution is 0.147. The number of aromatic amines is 1. The summed E-state index contributed by atoms with van der Waals surface area (Å²) in [5.41, 5.74) is -0.316. The fourth-order valence-corrected chi connectivity index (χ4v) is 1.42. The Hall–Kier alpha value is -1.23. The third-order valence-corrected chi connectivity index (χ3v) is 2.23. The van der Waals surface area contributed by atoms with Crippen molar-refractivity contribution in [3.8, 4) is 0 Å². The number of halogens is 4. The molecule has 2 aromatic rings. The van der Waals surface area contributed by atoms with Crippen molar-refractivity contribution in [2.45, 2.75) is 6.43 Å². The predicted octanol–water partition coefficient (Wildman–Crippen LogP) is 3.29. The van der Waals surface area contributed by atoms with Crippen LogP contribution in [0.3, 0.4) is 0 Å². The Bertz CT molecular complexity index is 481. The number of rotatable bonds is 1. The molecular weight excluding hydrogens is 217 g/mol. The third kappa shape index (κ3) is 1.24. The molecule has 0 unspecified atom stereocenters. The molecule has 1 heterocycles. The molecule has 0 atom stereocenters. The second-order valence-corrected chi connectivity index (χ2v) is 3.07. The van der Waals surface area contributed by atoms with E-state index in [-0.39, 0.29) is 21.6 Å². The third-order valence-electron chi connectivity index (χ3n) is 1.87. The molecule has 6 heteroatoms. The predicted molar refractivity (Wildman–Crippen MR) is 46.0 cm³/mol. The summed E-state index contributed by atoms with van der Waals surface area (Å²) in [6, 6.07) is 2.26. The van der Waals surface area contributed by atoms with Gasteiger partial charge in [0.15, 0.2) is 0 Å². The average Bonchev–Trinajstić information content (AvgIpc) is 2.55. The lowest BCUT2D eigenvalue weighted by atomic mass is 10.2. The topological polar surface area (TPSA) is 28.7 Å². The van der Waals surface area contributed by atoms with Crippen LogP contribution in [0.5, 0.6) is 0 Å². The Labute approximate surface area is 81.7 Å². The molecule has 0 saturated heterocycles. The number of alkyl halides is 2. The Kier molecular flexibility index (Phi) is 2.11. The standard InChI is InChI=1S/C8H4ClF3N2/c9-5-4(10)2-1-3-6(5)13-14-7(3)8(11)12/h1-2,8H,(H,13,14). The Morgan fingerprint density at radius 3 is 2.71 bits per heavy atom. The minimum Gasteiger partial charge on any atom is -0.275 e. The zero-order chi connectivity index (χ0) is 10.3. The lowest BCUT2D eigenvalue weighted by Gasteiger charge is -1.96. The lowest BCUT2D eigenvalue weighted by Crippen LogP contribution is -1.84. The van der Waals surface area contributed by atoms with Gasteiger partial charge in [0.1, 0.15) is 22.1 Å². The molecule has 14 heavy (non-hydrogen) atoms. The molecule has 0 bridgehead atoms. The highest BCUT2D eigenvalue weighted by atomic mass is 35.5. The van der Waals surface area contributed by atoms with Crippen LogP contribution in [-0.2, 0) is 0 Å². The van der Waals surface area contributed by atoms with Gasteiger partial charge in [0.05, 0.1) is 0 Å². The molecule has 0 saturated carbocycles. The minimum atomic E-state index is -2.68. The molecule has 0 aliphatic rings. The number of benzene rings is 1. The zero-order valence-corrected chi connectivity index (χ0v) is 7.45. The van der Waals surface area contributed by atoms with Gasteiger partial charge in [-0.05, 0) is 12.1 Å². The molecule has 1 N–H and O–H groups in total. The largest absolute Gasteiger partial charge is 0.280 e. The van der Waals surface area contributed by atoms with Crippen molar-refractivity contribution < 1.29 is 13.2 Å². The fraction of sp³-hybridized carbons (Fsp3) is 0.125. The van der Waals surface area contributed by atoms with E-state index in [4.69, 9.17) is 11.6 Å². The van der Waals surface area contributed by atoms with Gasteiger partial charge in [-0.25, -0.2) is 13.2 Å². The monoisotopic (exact) mass is 220 g/mol. The summed E-state index contributed by atoms with van der Waals surface area (Å²) in [5, 5.41) is 5.55. The molecule has 74 valence electrons. The summed E-state index contributed by atoms with van der Waals surface area (Å²) < 4.78 is 37.6. The van der Waals surface area contributed by atoms with Crippen LogP contribution in [0.4, 0.5) is 13.2 Å². The van der Waals surface area contributed by atoms with Gasteiger partial charge in [0.2, 0.25) is 0 Å². The summed E-state index contributed by atoms with van der Waals surface area (Å²) >= 11 is 5.54. The van der Waals surface area contributed by atoms with Crippen LogP contribution in [-0.4, -0.2) is 10.2 Å². The molecule has 1 aromatic heterocycles. The van der Waals surface area contributed by atoms with E-state index >= 15 is 0 Å². The van der Waals surface area contributed by atoms with Crippen molar-refractivity contribution in [2.24, 2.45) is 0 Å². The van der Waals surface area contributed by atoms with Crippen LogP contribution in [0.25, 0.3) is 10.9 Å². The first kappa shape index (κ1) is 9.33. The van der Waals surface area contributed by atoms with Crippen LogP contribution >= 0.6 is 11.6 Å². The molecule has 0 radical (unpaired) electrons. The maximum Gasteiger partial charge on any atom is 0.280 e. The van der Waals surface area contributed by atoms with Crippen molar-refractivity contribution in [3.63, 3.8) is 0 Å². The minimum absolute atomic E-state index is 0.0296. The number of aromatic nitrogens is 2. The first-order valence-corrected chi connectivity index (χ1v) is 4.09. The second kappa shape index (κ2) is 3.16. The summed E-state index contributed by atoms with van der Waals surface area (Å²) in [7, 11) is 0. The summed E-state index contributed by atoms with van der Waals surface area (Å²) in [6.07, 6.45) is -2.68. The maximum absolute atomic E-state index is 12.9. The second-order valence-electron chi connectivity index (χ2n) is 2.70. The van der Waals surface area contributed by atoms with Gasteiger partial charge in [-0.15, -0.1) is 0 Å². The molecule has 2 rings (SSSR count). The van der Waals surface area contributed by atoms with Crippen LogP contribution in [0.2, 0.25) is 5.02 Å². The Morgan fingerprint density at radius 2 is 2.07 bits per heavy atom. The molecule has 0 spiro atoms. The fourth-order valence-electron chi connectivity index (χ4n) is 1.21. The molecule has 0 aliphatic heterocycles. The molecule has 0 aliphatic carbocycles.